The molecule has 0 unspecified atom stereocenters. The van der Waals surface area contributed by atoms with Crippen LogP contribution in [0.4, 0.5) is 0 Å². The summed E-state index contributed by atoms with van der Waals surface area (Å²) < 4.78 is 13.1. The minimum absolute atomic E-state index is 1.08. The Morgan fingerprint density at radius 3 is 0.800 bits per heavy atom. The van der Waals surface area contributed by atoms with Crippen molar-refractivity contribution in [1.82, 2.24) is 16.5 Å². The van der Waals surface area contributed by atoms with E-state index in [9.17, 15) is 0 Å². The molecule has 0 aromatic heterocycles. The van der Waals surface area contributed by atoms with Crippen molar-refractivity contribution in [2.24, 2.45) is 0 Å². The summed E-state index contributed by atoms with van der Waals surface area (Å²) in [7, 11) is 13.6. The molecule has 0 N–H and O–H groups in total. The first-order chi connectivity index (χ1) is 9.22. The van der Waals surface area contributed by atoms with Crippen LogP contribution in [-0.2, 0) is 17.1 Å². The van der Waals surface area contributed by atoms with Gasteiger partial charge in [0.1, 0.15) is 0 Å². The van der Waals surface area contributed by atoms with Gasteiger partial charge in [-0.25, -0.2) is 0 Å². The van der Waals surface area contributed by atoms with E-state index in [1.165, 1.54) is 0 Å². The van der Waals surface area contributed by atoms with Crippen molar-refractivity contribution in [3.63, 3.8) is 0 Å². The molecule has 0 amide bonds. The molecular formula is C14H38N5Ta. The molecular weight excluding hydrogens is 419 g/mol. The van der Waals surface area contributed by atoms with Gasteiger partial charge in [-0.05, 0) is 0 Å². The Morgan fingerprint density at radius 2 is 0.700 bits per heavy atom. The van der Waals surface area contributed by atoms with Gasteiger partial charge in [-0.1, -0.05) is 0 Å². The van der Waals surface area contributed by atoms with Crippen LogP contribution in [0.2, 0.25) is 0 Å². The van der Waals surface area contributed by atoms with Crippen molar-refractivity contribution in [2.75, 3.05) is 68.5 Å². The second-order valence-corrected chi connectivity index (χ2v) is 24.8. The van der Waals surface area contributed by atoms with E-state index in [1.54, 1.807) is 0 Å². The molecule has 0 spiro atoms. The summed E-state index contributed by atoms with van der Waals surface area (Å²) >= 11 is -3.88. The molecule has 0 aromatic rings. The predicted molar refractivity (Wildman–Crippen MR) is 86.9 cm³/mol. The van der Waals surface area contributed by atoms with Crippen LogP contribution in [0.1, 0.15) is 27.7 Å². The average Bonchev–Trinajstić information content (AvgIpc) is 2.37. The van der Waals surface area contributed by atoms with Gasteiger partial charge in [0.2, 0.25) is 0 Å². The van der Waals surface area contributed by atoms with E-state index in [1.807, 2.05) is 0 Å². The number of hydrogen-bond acceptors (Lipinski definition) is 5. The minimum atomic E-state index is -3.88. The summed E-state index contributed by atoms with van der Waals surface area (Å²) in [6.45, 7) is 13.5. The molecule has 0 bridgehead atoms. The molecule has 0 heterocycles. The van der Waals surface area contributed by atoms with Crippen LogP contribution in [0.15, 0.2) is 0 Å². The third-order valence-corrected chi connectivity index (χ3v) is 31.4. The second kappa shape index (κ2) is 7.70. The molecule has 0 aliphatic rings. The Bertz CT molecular complexity index is 245. The van der Waals surface area contributed by atoms with Gasteiger partial charge in [-0.3, -0.25) is 0 Å². The average molecular weight is 457 g/mol. The number of rotatable bonds is 9. The fourth-order valence-electron chi connectivity index (χ4n) is 4.23. The molecule has 0 saturated heterocycles. The van der Waals surface area contributed by atoms with Crippen LogP contribution in [0.5, 0.6) is 0 Å². The van der Waals surface area contributed by atoms with Gasteiger partial charge in [-0.2, -0.15) is 0 Å². The molecule has 0 saturated carbocycles. The zero-order valence-electron chi connectivity index (χ0n) is 15.5. The van der Waals surface area contributed by atoms with E-state index >= 15 is 0 Å². The topological polar surface area (TPSA) is 16.2 Å². The Kier molecular flexibility index (Phi) is 7.91. The van der Waals surface area contributed by atoms with E-state index in [2.05, 4.69) is 86.5 Å². The van der Waals surface area contributed by atoms with Crippen molar-refractivity contribution < 1.29 is 17.1 Å². The van der Waals surface area contributed by atoms with Gasteiger partial charge in [0.25, 0.3) is 0 Å². The number of hydrogen-bond donors (Lipinski definition) is 0. The maximum atomic E-state index is 2.73. The summed E-state index contributed by atoms with van der Waals surface area (Å²) in [6, 6.07) is 0. The Hall–Kier alpha value is 0.540. The normalized spacial score (nSPS) is 15.7. The first-order valence-corrected chi connectivity index (χ1v) is 15.0. The summed E-state index contributed by atoms with van der Waals surface area (Å²) in [6.07, 6.45) is 0. The fraction of sp³-hybridized carbons (Fsp3) is 1.00. The van der Waals surface area contributed by atoms with Crippen LogP contribution in [0.3, 0.4) is 0 Å². The quantitative estimate of drug-likeness (QED) is 0.522. The molecule has 0 rings (SSSR count). The standard InChI is InChI=1S/2C4H10N.3C2H6N.Ta/c2*1-3-5-4-2;3*1-3-2;/h2*3-4H2,1-2H3;3*1-2H3;/q5*-1;+5. The Labute approximate surface area is 130 Å². The van der Waals surface area contributed by atoms with Crippen LogP contribution < -0.4 is 0 Å². The first-order valence-electron chi connectivity index (χ1n) is 7.78. The van der Waals surface area contributed by atoms with Crippen LogP contribution >= 0.6 is 0 Å². The van der Waals surface area contributed by atoms with Crippen molar-refractivity contribution in [2.45, 2.75) is 27.7 Å². The zero-order chi connectivity index (χ0) is 16.2. The van der Waals surface area contributed by atoms with Crippen molar-refractivity contribution in [3.05, 3.63) is 0 Å². The van der Waals surface area contributed by atoms with Crippen LogP contribution in [0, 0.1) is 0 Å². The van der Waals surface area contributed by atoms with E-state index in [0.29, 0.717) is 0 Å². The molecule has 0 atom stereocenters. The Balaban J connectivity index is 6.61. The van der Waals surface area contributed by atoms with Crippen molar-refractivity contribution in [1.29, 1.82) is 0 Å². The van der Waals surface area contributed by atoms with Gasteiger partial charge >= 0.3 is 130 Å². The monoisotopic (exact) mass is 457 g/mol. The molecule has 20 heavy (non-hydrogen) atoms. The fourth-order valence-corrected chi connectivity index (χ4v) is 31.4. The summed E-state index contributed by atoms with van der Waals surface area (Å²) in [4.78, 5) is 0. The van der Waals surface area contributed by atoms with E-state index in [-0.39, 0.29) is 0 Å². The van der Waals surface area contributed by atoms with Crippen LogP contribution in [-0.4, -0.2) is 85.0 Å². The van der Waals surface area contributed by atoms with Gasteiger partial charge in [0.15, 0.2) is 0 Å². The predicted octanol–water partition coefficient (Wildman–Crippen LogP) is 1.62. The third kappa shape index (κ3) is 2.42. The number of nitrogens with zero attached hydrogens (tertiary/aromatic N) is 5. The second-order valence-electron chi connectivity index (χ2n) is 5.71. The molecule has 0 aromatic carbocycles. The van der Waals surface area contributed by atoms with E-state index in [0.717, 1.165) is 26.2 Å². The molecule has 0 aliphatic carbocycles. The van der Waals surface area contributed by atoms with Gasteiger partial charge in [0.05, 0.1) is 0 Å². The summed E-state index contributed by atoms with van der Waals surface area (Å²) in [5, 5.41) is 0. The van der Waals surface area contributed by atoms with Crippen LogP contribution in [0.25, 0.3) is 0 Å². The molecule has 124 valence electrons. The van der Waals surface area contributed by atoms with E-state index < -0.39 is 17.1 Å². The van der Waals surface area contributed by atoms with Gasteiger partial charge in [0, 0.05) is 0 Å². The zero-order valence-corrected chi connectivity index (χ0v) is 18.7. The molecule has 0 radical (unpaired) electrons. The third-order valence-electron chi connectivity index (χ3n) is 4.62. The molecule has 0 fully saturated rings. The molecule has 6 heteroatoms. The summed E-state index contributed by atoms with van der Waals surface area (Å²) in [5.41, 5.74) is 0. The molecule has 0 aliphatic heterocycles. The Morgan fingerprint density at radius 1 is 0.500 bits per heavy atom. The first kappa shape index (κ1) is 20.5. The van der Waals surface area contributed by atoms with Gasteiger partial charge < -0.3 is 0 Å². The van der Waals surface area contributed by atoms with Gasteiger partial charge in [-0.15, -0.1) is 0 Å². The summed E-state index contributed by atoms with van der Waals surface area (Å²) in [5.74, 6) is 0. The van der Waals surface area contributed by atoms with E-state index in [4.69, 9.17) is 0 Å². The SMILES string of the molecule is CC[N](CC)[Ta]([N](C)C)([N](C)C)([N](C)C)[N](CC)CC. The van der Waals surface area contributed by atoms with Crippen molar-refractivity contribution >= 4 is 0 Å². The molecule has 5 nitrogen and oxygen atoms in total. The maximum absolute atomic E-state index is 3.88. The van der Waals surface area contributed by atoms with Crippen molar-refractivity contribution in [3.8, 4) is 0 Å².